The van der Waals surface area contributed by atoms with E-state index in [1.165, 1.54) is 6.07 Å². The molecular weight excluding hydrogens is 447 g/mol. The number of nitrogens with one attached hydrogen (secondary N) is 1. The molecule has 180 valence electrons. The summed E-state index contributed by atoms with van der Waals surface area (Å²) in [7, 11) is 1.70. The molecule has 1 N–H and O–H groups in total. The zero-order valence-corrected chi connectivity index (χ0v) is 19.7. The summed E-state index contributed by atoms with van der Waals surface area (Å²) in [5, 5.41) is 3.10. The number of aryl methyl sites for hydroxylation is 1. The number of nitrogens with zero attached hydrogens (tertiary/aromatic N) is 5. The molecule has 0 saturated heterocycles. The highest BCUT2D eigenvalue weighted by molar-refractivity contribution is 5.57. The molecule has 4 aromatic rings. The lowest BCUT2D eigenvalue weighted by molar-refractivity contribution is 0.109. The van der Waals surface area contributed by atoms with Crippen molar-refractivity contribution in [2.75, 3.05) is 32.1 Å². The first-order valence-electron chi connectivity index (χ1n) is 11.5. The second kappa shape index (κ2) is 10.2. The molecule has 8 nitrogen and oxygen atoms in total. The van der Waals surface area contributed by atoms with Gasteiger partial charge in [-0.05, 0) is 30.7 Å². The third kappa shape index (κ3) is 5.31. The van der Waals surface area contributed by atoms with Crippen molar-refractivity contribution in [3.05, 3.63) is 89.9 Å². The van der Waals surface area contributed by atoms with Crippen LogP contribution in [-0.4, -0.2) is 51.2 Å². The molecule has 2 aromatic heterocycles. The summed E-state index contributed by atoms with van der Waals surface area (Å²) in [6, 6.07) is 15.0. The number of aromatic nitrogens is 4. The quantitative estimate of drug-likeness (QED) is 0.424. The first kappa shape index (κ1) is 22.9. The van der Waals surface area contributed by atoms with Gasteiger partial charge in [-0.1, -0.05) is 30.3 Å². The average molecular weight is 475 g/mol. The fourth-order valence-electron chi connectivity index (χ4n) is 4.08. The predicted octanol–water partition coefficient (Wildman–Crippen LogP) is 4.44. The Bertz CT molecular complexity index is 1300. The van der Waals surface area contributed by atoms with Crippen molar-refractivity contribution >= 4 is 11.6 Å². The fraction of sp³-hybridized carbons (Fsp3) is 0.269. The van der Waals surface area contributed by atoms with E-state index in [4.69, 9.17) is 9.47 Å². The predicted molar refractivity (Wildman–Crippen MR) is 131 cm³/mol. The van der Waals surface area contributed by atoms with Crippen LogP contribution in [0, 0.1) is 12.7 Å². The smallest absolute Gasteiger partial charge is 0.230 e. The number of fused-ring (bicyclic) bond motifs is 1. The van der Waals surface area contributed by atoms with E-state index >= 15 is 0 Å². The van der Waals surface area contributed by atoms with Crippen molar-refractivity contribution in [1.82, 2.24) is 24.4 Å². The van der Waals surface area contributed by atoms with Crippen molar-refractivity contribution < 1.29 is 13.9 Å². The van der Waals surface area contributed by atoms with Crippen LogP contribution in [-0.2, 0) is 11.3 Å². The van der Waals surface area contributed by atoms with Crippen LogP contribution in [0.25, 0.3) is 5.69 Å². The molecular formula is C26H27FN6O2. The van der Waals surface area contributed by atoms with Gasteiger partial charge in [-0.25, -0.2) is 14.4 Å². The van der Waals surface area contributed by atoms with Crippen molar-refractivity contribution in [2.45, 2.75) is 19.6 Å². The Morgan fingerprint density at radius 1 is 1.17 bits per heavy atom. The Kier molecular flexibility index (Phi) is 6.69. The van der Waals surface area contributed by atoms with Crippen molar-refractivity contribution in [1.29, 1.82) is 0 Å². The number of halogens is 1. The molecule has 9 heteroatoms. The zero-order valence-electron chi connectivity index (χ0n) is 19.7. The molecule has 1 aliphatic heterocycles. The minimum absolute atomic E-state index is 0.188. The van der Waals surface area contributed by atoms with E-state index in [1.54, 1.807) is 42.5 Å². The third-order valence-corrected chi connectivity index (χ3v) is 5.87. The zero-order chi connectivity index (χ0) is 24.2. The van der Waals surface area contributed by atoms with E-state index in [0.717, 1.165) is 23.4 Å². The lowest BCUT2D eigenvalue weighted by Crippen LogP contribution is -2.31. The summed E-state index contributed by atoms with van der Waals surface area (Å²) in [6.45, 7) is 4.60. The van der Waals surface area contributed by atoms with Gasteiger partial charge in [-0.15, -0.1) is 0 Å². The first-order valence-corrected chi connectivity index (χ1v) is 11.5. The van der Waals surface area contributed by atoms with Gasteiger partial charge in [0.2, 0.25) is 11.8 Å². The number of rotatable bonds is 7. The van der Waals surface area contributed by atoms with E-state index < -0.39 is 0 Å². The molecule has 0 fully saturated rings. The van der Waals surface area contributed by atoms with Crippen LogP contribution in [0.4, 0.5) is 16.0 Å². The molecule has 0 aliphatic carbocycles. The molecule has 0 amide bonds. The van der Waals surface area contributed by atoms with Gasteiger partial charge in [-0.3, -0.25) is 4.90 Å². The maximum atomic E-state index is 14.8. The highest BCUT2D eigenvalue weighted by atomic mass is 19.1. The molecule has 0 radical (unpaired) electrons. The van der Waals surface area contributed by atoms with Gasteiger partial charge in [0.25, 0.3) is 0 Å². The number of hydrogen-bond donors (Lipinski definition) is 1. The van der Waals surface area contributed by atoms with E-state index in [0.29, 0.717) is 42.9 Å². The van der Waals surface area contributed by atoms with E-state index in [9.17, 15) is 4.39 Å². The summed E-state index contributed by atoms with van der Waals surface area (Å²) in [5.74, 6) is 0.477. The summed E-state index contributed by atoms with van der Waals surface area (Å²) < 4.78 is 28.1. The standard InChI is InChI=1S/C26H27FN6O2/c1-18-14-33(17-29-18)23-9-8-21(12-22(23)27)30-26-28-13-20-15-32(10-11-34-2)16-24(35-25(20)31-26)19-6-4-3-5-7-19/h3-9,12-14,17,24H,10-11,15-16H2,1-2H3,(H,28,30,31). The van der Waals surface area contributed by atoms with Crippen molar-refractivity contribution in [3.8, 4) is 11.6 Å². The molecule has 0 spiro atoms. The Morgan fingerprint density at radius 3 is 2.77 bits per heavy atom. The molecule has 35 heavy (non-hydrogen) atoms. The number of imidazole rings is 1. The van der Waals surface area contributed by atoms with E-state index in [2.05, 4.69) is 37.3 Å². The van der Waals surface area contributed by atoms with Crippen LogP contribution in [0.1, 0.15) is 22.9 Å². The normalized spacial score (nSPS) is 15.8. The van der Waals surface area contributed by atoms with Crippen molar-refractivity contribution in [2.24, 2.45) is 0 Å². The highest BCUT2D eigenvalue weighted by Crippen LogP contribution is 2.31. The van der Waals surface area contributed by atoms with Crippen LogP contribution in [0.15, 0.2) is 67.3 Å². The number of methoxy groups -OCH3 is 1. The van der Waals surface area contributed by atoms with Gasteiger partial charge in [0.05, 0.1) is 24.3 Å². The molecule has 3 heterocycles. The van der Waals surface area contributed by atoms with Gasteiger partial charge >= 0.3 is 0 Å². The molecule has 0 saturated carbocycles. The van der Waals surface area contributed by atoms with Crippen molar-refractivity contribution in [3.63, 3.8) is 0 Å². The third-order valence-electron chi connectivity index (χ3n) is 5.87. The lowest BCUT2D eigenvalue weighted by Gasteiger charge is -2.23. The van der Waals surface area contributed by atoms with Crippen LogP contribution < -0.4 is 10.1 Å². The Morgan fingerprint density at radius 2 is 2.03 bits per heavy atom. The Balaban J connectivity index is 1.39. The monoisotopic (exact) mass is 474 g/mol. The molecule has 1 unspecified atom stereocenters. The van der Waals surface area contributed by atoms with E-state index in [1.807, 2.05) is 25.1 Å². The largest absolute Gasteiger partial charge is 0.468 e. The molecule has 1 aliphatic rings. The van der Waals surface area contributed by atoms with Crippen LogP contribution >= 0.6 is 0 Å². The summed E-state index contributed by atoms with van der Waals surface area (Å²) >= 11 is 0. The van der Waals surface area contributed by atoms with Gasteiger partial charge < -0.3 is 19.4 Å². The minimum atomic E-state index is -0.378. The van der Waals surface area contributed by atoms with E-state index in [-0.39, 0.29) is 11.9 Å². The minimum Gasteiger partial charge on any atom is -0.468 e. The highest BCUT2D eigenvalue weighted by Gasteiger charge is 2.26. The average Bonchev–Trinajstić information content (AvgIpc) is 3.20. The fourth-order valence-corrected chi connectivity index (χ4v) is 4.08. The summed E-state index contributed by atoms with van der Waals surface area (Å²) in [4.78, 5) is 15.5. The van der Waals surface area contributed by atoms with Gasteiger partial charge in [0.1, 0.15) is 11.9 Å². The number of benzene rings is 2. The second-order valence-corrected chi connectivity index (χ2v) is 8.48. The number of hydrogen-bond acceptors (Lipinski definition) is 7. The topological polar surface area (TPSA) is 77.3 Å². The first-order chi connectivity index (χ1) is 17.1. The Hall–Kier alpha value is -3.82. The molecule has 2 aromatic carbocycles. The SMILES string of the molecule is COCCN1Cc2cnc(Nc3ccc(-n4cnc(C)c4)c(F)c3)nc2OC(c2ccccc2)C1. The molecule has 0 bridgehead atoms. The van der Waals surface area contributed by atoms with Crippen LogP contribution in [0.3, 0.4) is 0 Å². The molecule has 1 atom stereocenters. The summed E-state index contributed by atoms with van der Waals surface area (Å²) in [5.41, 5.74) is 3.74. The van der Waals surface area contributed by atoms with Crippen LogP contribution in [0.2, 0.25) is 0 Å². The Labute approximate surface area is 203 Å². The summed E-state index contributed by atoms with van der Waals surface area (Å²) in [6.07, 6.45) is 4.94. The van der Waals surface area contributed by atoms with Crippen LogP contribution in [0.5, 0.6) is 5.88 Å². The number of anilines is 2. The van der Waals surface area contributed by atoms with Gasteiger partial charge in [0, 0.05) is 50.4 Å². The van der Waals surface area contributed by atoms with Gasteiger partial charge in [0.15, 0.2) is 0 Å². The molecule has 5 rings (SSSR count). The lowest BCUT2D eigenvalue weighted by atomic mass is 10.1. The number of ether oxygens (including phenoxy) is 2. The maximum Gasteiger partial charge on any atom is 0.230 e. The van der Waals surface area contributed by atoms with Gasteiger partial charge in [-0.2, -0.15) is 4.98 Å². The second-order valence-electron chi connectivity index (χ2n) is 8.48. The maximum absolute atomic E-state index is 14.8.